The van der Waals surface area contributed by atoms with Crippen molar-refractivity contribution in [3.8, 4) is 17.3 Å². The Kier molecular flexibility index (Phi) is 5.73. The zero-order valence-corrected chi connectivity index (χ0v) is 18.2. The highest BCUT2D eigenvalue weighted by molar-refractivity contribution is 5.63. The third kappa shape index (κ3) is 4.04. The van der Waals surface area contributed by atoms with Crippen molar-refractivity contribution in [1.29, 1.82) is 5.26 Å². The normalized spacial score (nSPS) is 17.2. The van der Waals surface area contributed by atoms with E-state index in [1.54, 1.807) is 0 Å². The van der Waals surface area contributed by atoms with Crippen molar-refractivity contribution in [2.24, 2.45) is 0 Å². The van der Waals surface area contributed by atoms with Crippen LogP contribution in [-0.4, -0.2) is 57.1 Å². The van der Waals surface area contributed by atoms with E-state index in [-0.39, 0.29) is 5.82 Å². The van der Waals surface area contributed by atoms with Crippen molar-refractivity contribution in [2.75, 3.05) is 43.4 Å². The lowest BCUT2D eigenvalue weighted by Gasteiger charge is -2.34. The summed E-state index contributed by atoms with van der Waals surface area (Å²) in [6.45, 7) is 6.08. The predicted molar refractivity (Wildman–Crippen MR) is 124 cm³/mol. The Labute approximate surface area is 188 Å². The lowest BCUT2D eigenvalue weighted by atomic mass is 9.95. The van der Waals surface area contributed by atoms with Crippen molar-refractivity contribution in [2.45, 2.75) is 31.7 Å². The molecule has 8 nitrogen and oxygen atoms in total. The number of anilines is 2. The molecule has 2 aliphatic rings. The molecule has 0 saturated carbocycles. The largest absolute Gasteiger partial charge is 0.382 e. The average molecular weight is 429 g/mol. The third-order valence-corrected chi connectivity index (χ3v) is 6.61. The molecule has 0 radical (unpaired) electrons. The van der Waals surface area contributed by atoms with Crippen LogP contribution in [0.3, 0.4) is 0 Å². The van der Waals surface area contributed by atoms with Crippen LogP contribution in [0.25, 0.3) is 11.3 Å². The van der Waals surface area contributed by atoms with Crippen LogP contribution in [0.5, 0.6) is 0 Å². The van der Waals surface area contributed by atoms with Crippen LogP contribution in [0.1, 0.15) is 36.6 Å². The number of likely N-dealkylation sites (tertiary alicyclic amines) is 1. The summed E-state index contributed by atoms with van der Waals surface area (Å²) in [5, 5.41) is 9.48. The summed E-state index contributed by atoms with van der Waals surface area (Å²) in [6.07, 6.45) is 6.89. The van der Waals surface area contributed by atoms with Crippen molar-refractivity contribution in [3.63, 3.8) is 0 Å². The van der Waals surface area contributed by atoms with E-state index in [0.717, 1.165) is 50.3 Å². The summed E-state index contributed by atoms with van der Waals surface area (Å²) < 4.78 is 2.37. The lowest BCUT2D eigenvalue weighted by Crippen LogP contribution is -2.39. The van der Waals surface area contributed by atoms with Crippen LogP contribution in [0.2, 0.25) is 0 Å². The second kappa shape index (κ2) is 8.97. The fourth-order valence-corrected chi connectivity index (χ4v) is 4.62. The number of nitrogens with two attached hydrogens (primary N) is 1. The molecule has 0 spiro atoms. The van der Waals surface area contributed by atoms with Crippen molar-refractivity contribution in [3.05, 3.63) is 54.2 Å². The summed E-state index contributed by atoms with van der Waals surface area (Å²) in [5.41, 5.74) is 8.46. The highest BCUT2D eigenvalue weighted by Gasteiger charge is 2.28. The molecule has 0 unspecified atom stereocenters. The highest BCUT2D eigenvalue weighted by atomic mass is 15.2. The minimum absolute atomic E-state index is 0.244. The molecule has 8 heteroatoms. The molecule has 0 atom stereocenters. The van der Waals surface area contributed by atoms with Gasteiger partial charge in [-0.3, -0.25) is 0 Å². The number of imidazole rings is 1. The van der Waals surface area contributed by atoms with E-state index in [2.05, 4.69) is 60.9 Å². The number of hydrogen-bond donors (Lipinski definition) is 1. The molecule has 2 aliphatic heterocycles. The molecular formula is C24H28N8. The van der Waals surface area contributed by atoms with Gasteiger partial charge in [0.15, 0.2) is 5.82 Å². The van der Waals surface area contributed by atoms with Gasteiger partial charge in [-0.05, 0) is 32.4 Å². The van der Waals surface area contributed by atoms with Gasteiger partial charge in [0, 0.05) is 43.9 Å². The number of piperidine rings is 1. The summed E-state index contributed by atoms with van der Waals surface area (Å²) in [5.74, 6) is 2.44. The number of hydrogen-bond acceptors (Lipinski definition) is 7. The number of nitrogens with zero attached hydrogens (tertiary/aromatic N) is 7. The summed E-state index contributed by atoms with van der Waals surface area (Å²) in [7, 11) is 0. The number of aromatic nitrogens is 4. The Balaban J connectivity index is 1.35. The molecule has 2 N–H and O–H groups in total. The quantitative estimate of drug-likeness (QED) is 0.644. The van der Waals surface area contributed by atoms with Gasteiger partial charge < -0.3 is 20.1 Å². The fraction of sp³-hybridized carbons (Fsp3) is 0.417. The zero-order chi connectivity index (χ0) is 21.9. The molecule has 32 heavy (non-hydrogen) atoms. The molecule has 2 aromatic heterocycles. The van der Waals surface area contributed by atoms with Gasteiger partial charge in [0.1, 0.15) is 29.6 Å². The first-order valence-corrected chi connectivity index (χ1v) is 11.3. The summed E-state index contributed by atoms with van der Waals surface area (Å²) in [6, 6.07) is 12.6. The fourth-order valence-electron chi connectivity index (χ4n) is 4.62. The van der Waals surface area contributed by atoms with E-state index in [4.69, 9.17) is 10.7 Å². The molecule has 3 aromatic rings. The molecular weight excluding hydrogens is 400 g/mol. The average Bonchev–Trinajstić information content (AvgIpc) is 3.23. The Bertz CT molecular complexity index is 1100. The maximum atomic E-state index is 9.48. The minimum atomic E-state index is 0.244. The molecule has 0 amide bonds. The van der Waals surface area contributed by atoms with E-state index in [0.29, 0.717) is 17.3 Å². The van der Waals surface area contributed by atoms with Crippen molar-refractivity contribution < 1.29 is 0 Å². The summed E-state index contributed by atoms with van der Waals surface area (Å²) >= 11 is 0. The highest BCUT2D eigenvalue weighted by Crippen LogP contribution is 2.33. The molecule has 164 valence electrons. The van der Waals surface area contributed by atoms with Gasteiger partial charge in [0.25, 0.3) is 0 Å². The van der Waals surface area contributed by atoms with Gasteiger partial charge in [0.2, 0.25) is 0 Å². The number of nitrogen functional groups attached to an aromatic ring is 1. The number of rotatable bonds is 6. The monoisotopic (exact) mass is 428 g/mol. The standard InChI is InChI=1S/C24H28N8/c25-15-20-22(26)27-17-28-24(20)31-11-7-19(8-12-31)23-29-21(18-5-2-1-3-6-18)16-32(23)14-13-30-9-4-10-30/h1-3,5-6,16-17,19H,4,7-14H2,(H2,26,27,28). The van der Waals surface area contributed by atoms with Crippen LogP contribution in [0.4, 0.5) is 11.6 Å². The van der Waals surface area contributed by atoms with Gasteiger partial charge in [-0.15, -0.1) is 0 Å². The molecule has 1 aromatic carbocycles. The van der Waals surface area contributed by atoms with E-state index in [9.17, 15) is 5.26 Å². The van der Waals surface area contributed by atoms with Crippen LogP contribution in [0, 0.1) is 11.3 Å². The van der Waals surface area contributed by atoms with E-state index in [1.165, 1.54) is 31.7 Å². The second-order valence-electron chi connectivity index (χ2n) is 8.57. The Morgan fingerprint density at radius 2 is 1.81 bits per heavy atom. The van der Waals surface area contributed by atoms with Crippen molar-refractivity contribution >= 4 is 11.6 Å². The molecule has 0 aliphatic carbocycles. The minimum Gasteiger partial charge on any atom is -0.382 e. The molecule has 0 bridgehead atoms. The van der Waals surface area contributed by atoms with Gasteiger partial charge in [-0.1, -0.05) is 30.3 Å². The Morgan fingerprint density at radius 1 is 1.03 bits per heavy atom. The predicted octanol–water partition coefficient (Wildman–Crippen LogP) is 2.88. The Morgan fingerprint density at radius 3 is 2.50 bits per heavy atom. The van der Waals surface area contributed by atoms with E-state index in [1.807, 2.05) is 6.07 Å². The van der Waals surface area contributed by atoms with Gasteiger partial charge in [0.05, 0.1) is 5.69 Å². The van der Waals surface area contributed by atoms with E-state index >= 15 is 0 Å². The van der Waals surface area contributed by atoms with Crippen molar-refractivity contribution in [1.82, 2.24) is 24.4 Å². The van der Waals surface area contributed by atoms with Crippen LogP contribution in [-0.2, 0) is 6.54 Å². The van der Waals surface area contributed by atoms with Gasteiger partial charge >= 0.3 is 0 Å². The first-order chi connectivity index (χ1) is 15.7. The first kappa shape index (κ1) is 20.5. The SMILES string of the molecule is N#Cc1c(N)ncnc1N1CCC(c2nc(-c3ccccc3)cn2CCN2CCC2)CC1. The maximum absolute atomic E-state index is 9.48. The summed E-state index contributed by atoms with van der Waals surface area (Å²) in [4.78, 5) is 18.0. The zero-order valence-electron chi connectivity index (χ0n) is 18.2. The molecule has 4 heterocycles. The van der Waals surface area contributed by atoms with Crippen LogP contribution < -0.4 is 10.6 Å². The molecule has 2 fully saturated rings. The molecule has 5 rings (SSSR count). The van der Waals surface area contributed by atoms with Crippen LogP contribution in [0.15, 0.2) is 42.9 Å². The topological polar surface area (TPSA) is 99.9 Å². The van der Waals surface area contributed by atoms with Crippen LogP contribution >= 0.6 is 0 Å². The van der Waals surface area contributed by atoms with Gasteiger partial charge in [-0.25, -0.2) is 15.0 Å². The number of benzene rings is 1. The van der Waals surface area contributed by atoms with Gasteiger partial charge in [-0.2, -0.15) is 5.26 Å². The lowest BCUT2D eigenvalue weighted by molar-refractivity contribution is 0.173. The Hall–Kier alpha value is -3.44. The van der Waals surface area contributed by atoms with E-state index < -0.39 is 0 Å². The first-order valence-electron chi connectivity index (χ1n) is 11.3. The second-order valence-corrected chi connectivity index (χ2v) is 8.57. The molecule has 2 saturated heterocycles. The maximum Gasteiger partial charge on any atom is 0.152 e. The third-order valence-electron chi connectivity index (χ3n) is 6.61. The number of nitriles is 1. The smallest absolute Gasteiger partial charge is 0.152 e.